The van der Waals surface area contributed by atoms with Crippen molar-refractivity contribution >= 4 is 6.03 Å². The summed E-state index contributed by atoms with van der Waals surface area (Å²) in [6, 6.07) is 10.7. The van der Waals surface area contributed by atoms with Crippen LogP contribution in [0.15, 0.2) is 36.7 Å². The molecule has 4 rings (SSSR count). The fourth-order valence-corrected chi connectivity index (χ4v) is 4.78. The van der Waals surface area contributed by atoms with Crippen LogP contribution in [0.2, 0.25) is 0 Å². The van der Waals surface area contributed by atoms with Crippen molar-refractivity contribution in [2.24, 2.45) is 0 Å². The highest BCUT2D eigenvalue weighted by Crippen LogP contribution is 2.43. The molecule has 2 amide bonds. The van der Waals surface area contributed by atoms with Crippen LogP contribution in [0, 0.1) is 0 Å². The molecule has 2 aliphatic rings. The molecule has 6 nitrogen and oxygen atoms in total. The van der Waals surface area contributed by atoms with Gasteiger partial charge in [-0.1, -0.05) is 30.3 Å². The Bertz CT molecular complexity index is 817. The number of benzene rings is 1. The number of hydrogen-bond acceptors (Lipinski definition) is 3. The molecule has 1 aromatic carbocycles. The summed E-state index contributed by atoms with van der Waals surface area (Å²) in [6.07, 6.45) is 5.38. The van der Waals surface area contributed by atoms with Crippen LogP contribution in [0.4, 0.5) is 4.79 Å². The molecule has 1 unspecified atom stereocenters. The van der Waals surface area contributed by atoms with Gasteiger partial charge in [-0.05, 0) is 38.7 Å². The van der Waals surface area contributed by atoms with E-state index in [1.165, 1.54) is 5.56 Å². The molecule has 150 valence electrons. The monoisotopic (exact) mass is 382 g/mol. The summed E-state index contributed by atoms with van der Waals surface area (Å²) in [5, 5.41) is 3.16. The summed E-state index contributed by atoms with van der Waals surface area (Å²) in [7, 11) is 0. The Morgan fingerprint density at radius 3 is 2.93 bits per heavy atom. The first-order valence-corrected chi connectivity index (χ1v) is 10.2. The van der Waals surface area contributed by atoms with Gasteiger partial charge in [-0.15, -0.1) is 0 Å². The molecule has 0 saturated carbocycles. The zero-order chi connectivity index (χ0) is 19.6. The van der Waals surface area contributed by atoms with Gasteiger partial charge in [0.15, 0.2) is 0 Å². The number of rotatable bonds is 4. The minimum Gasteiger partial charge on any atom is -0.376 e. The Kier molecular flexibility index (Phi) is 5.15. The number of aromatic amines is 1. The molecule has 0 spiro atoms. The van der Waals surface area contributed by atoms with Crippen molar-refractivity contribution < 1.29 is 9.53 Å². The molecule has 0 bridgehead atoms. The van der Waals surface area contributed by atoms with E-state index in [-0.39, 0.29) is 17.0 Å². The van der Waals surface area contributed by atoms with Crippen LogP contribution in [0.5, 0.6) is 0 Å². The third-order valence-electron chi connectivity index (χ3n) is 6.17. The van der Waals surface area contributed by atoms with Gasteiger partial charge < -0.3 is 19.9 Å². The Balaban J connectivity index is 1.40. The fraction of sp³-hybridized carbons (Fsp3) is 0.545. The molecule has 0 radical (unpaired) electrons. The number of H-pyrrole nitrogens is 1. The zero-order valence-corrected chi connectivity index (χ0v) is 16.8. The van der Waals surface area contributed by atoms with Crippen molar-refractivity contribution in [3.8, 4) is 0 Å². The molecule has 1 fully saturated rings. The number of hydrogen-bond donors (Lipinski definition) is 2. The van der Waals surface area contributed by atoms with E-state index in [2.05, 4.69) is 59.5 Å². The molecule has 1 aromatic heterocycles. The second-order valence-corrected chi connectivity index (χ2v) is 8.66. The number of carbonyl (C=O) groups is 1. The van der Waals surface area contributed by atoms with Crippen molar-refractivity contribution in [3.63, 3.8) is 0 Å². The Morgan fingerprint density at radius 1 is 1.32 bits per heavy atom. The average molecular weight is 383 g/mol. The molecule has 1 atom stereocenters. The van der Waals surface area contributed by atoms with Crippen molar-refractivity contribution in [3.05, 3.63) is 53.6 Å². The lowest BCUT2D eigenvalue weighted by Crippen LogP contribution is -2.47. The van der Waals surface area contributed by atoms with Crippen molar-refractivity contribution in [2.75, 3.05) is 19.7 Å². The molecular formula is C22H30N4O2. The molecular weight excluding hydrogens is 352 g/mol. The number of nitrogens with one attached hydrogen (secondary N) is 2. The smallest absolute Gasteiger partial charge is 0.317 e. The Labute approximate surface area is 166 Å². The molecule has 2 aliphatic heterocycles. The minimum atomic E-state index is -0.151. The van der Waals surface area contributed by atoms with Crippen LogP contribution in [0.25, 0.3) is 0 Å². The summed E-state index contributed by atoms with van der Waals surface area (Å²) < 4.78 is 5.99. The van der Waals surface area contributed by atoms with Gasteiger partial charge in [0.25, 0.3) is 0 Å². The van der Waals surface area contributed by atoms with E-state index in [1.54, 1.807) is 6.33 Å². The number of carbonyl (C=O) groups excluding carboxylic acids is 1. The topological polar surface area (TPSA) is 70.2 Å². The van der Waals surface area contributed by atoms with Gasteiger partial charge in [-0.3, -0.25) is 0 Å². The van der Waals surface area contributed by atoms with E-state index >= 15 is 0 Å². The van der Waals surface area contributed by atoms with Crippen LogP contribution in [-0.4, -0.2) is 46.2 Å². The van der Waals surface area contributed by atoms with E-state index in [0.717, 1.165) is 43.7 Å². The molecule has 2 N–H and O–H groups in total. The summed E-state index contributed by atoms with van der Waals surface area (Å²) >= 11 is 0. The normalized spacial score (nSPS) is 23.9. The number of imidazole rings is 1. The first-order valence-electron chi connectivity index (χ1n) is 10.2. The van der Waals surface area contributed by atoms with E-state index in [9.17, 15) is 4.79 Å². The molecule has 28 heavy (non-hydrogen) atoms. The van der Waals surface area contributed by atoms with Crippen LogP contribution >= 0.6 is 0 Å². The maximum absolute atomic E-state index is 12.7. The maximum Gasteiger partial charge on any atom is 0.317 e. The summed E-state index contributed by atoms with van der Waals surface area (Å²) in [5.41, 5.74) is 3.36. The first-order chi connectivity index (χ1) is 13.5. The quantitative estimate of drug-likeness (QED) is 0.851. The third-order valence-corrected chi connectivity index (χ3v) is 6.17. The van der Waals surface area contributed by atoms with Gasteiger partial charge in [0.05, 0.1) is 29.9 Å². The lowest BCUT2D eigenvalue weighted by molar-refractivity contribution is -0.0838. The van der Waals surface area contributed by atoms with E-state index in [0.29, 0.717) is 19.6 Å². The maximum atomic E-state index is 12.7. The number of nitrogens with zero attached hydrogens (tertiary/aromatic N) is 2. The summed E-state index contributed by atoms with van der Waals surface area (Å²) in [5.74, 6) is 0. The van der Waals surface area contributed by atoms with Gasteiger partial charge >= 0.3 is 6.03 Å². The summed E-state index contributed by atoms with van der Waals surface area (Å²) in [4.78, 5) is 22.0. The number of fused-ring (bicyclic) bond motifs is 1. The van der Waals surface area contributed by atoms with E-state index < -0.39 is 0 Å². The lowest BCUT2D eigenvalue weighted by Gasteiger charge is -2.45. The predicted molar refractivity (Wildman–Crippen MR) is 108 cm³/mol. The largest absolute Gasteiger partial charge is 0.376 e. The van der Waals surface area contributed by atoms with Gasteiger partial charge in [0.2, 0.25) is 0 Å². The average Bonchev–Trinajstić information content (AvgIpc) is 3.15. The second-order valence-electron chi connectivity index (χ2n) is 8.66. The van der Waals surface area contributed by atoms with Crippen LogP contribution < -0.4 is 5.32 Å². The predicted octanol–water partition coefficient (Wildman–Crippen LogP) is 3.39. The van der Waals surface area contributed by atoms with Gasteiger partial charge in [0, 0.05) is 31.5 Å². The van der Waals surface area contributed by atoms with Crippen LogP contribution in [-0.2, 0) is 23.1 Å². The van der Waals surface area contributed by atoms with Crippen molar-refractivity contribution in [1.29, 1.82) is 0 Å². The molecule has 6 heteroatoms. The highest BCUT2D eigenvalue weighted by Gasteiger charge is 2.41. The van der Waals surface area contributed by atoms with Crippen LogP contribution in [0.1, 0.15) is 50.1 Å². The number of ether oxygens (including phenoxy) is 1. The summed E-state index contributed by atoms with van der Waals surface area (Å²) in [6.45, 7) is 7.07. The number of amides is 2. The van der Waals surface area contributed by atoms with Crippen LogP contribution in [0.3, 0.4) is 0 Å². The fourth-order valence-electron chi connectivity index (χ4n) is 4.78. The molecule has 3 heterocycles. The number of aromatic nitrogens is 2. The standard InChI is InChI=1S/C22H30N4O2/c1-21(2)15-22(10-13-28-21,17-6-4-3-5-7-17)9-11-23-20(27)26-12-8-18-19(14-26)25-16-24-18/h3-7,16H,8-15H2,1-2H3,(H,23,27)(H,24,25). The molecule has 2 aromatic rings. The van der Waals surface area contributed by atoms with Crippen molar-refractivity contribution in [1.82, 2.24) is 20.2 Å². The van der Waals surface area contributed by atoms with E-state index in [1.807, 2.05) is 4.90 Å². The molecule has 0 aliphatic carbocycles. The molecule has 1 saturated heterocycles. The zero-order valence-electron chi connectivity index (χ0n) is 16.8. The minimum absolute atomic E-state index is 0.00906. The highest BCUT2D eigenvalue weighted by molar-refractivity contribution is 5.74. The SMILES string of the molecule is CC1(C)CC(CCNC(=O)N2CCc3nc[nH]c3C2)(c2ccccc2)CCO1. The van der Waals surface area contributed by atoms with E-state index in [4.69, 9.17) is 4.74 Å². The Morgan fingerprint density at radius 2 is 2.14 bits per heavy atom. The van der Waals surface area contributed by atoms with Crippen molar-refractivity contribution in [2.45, 2.75) is 57.1 Å². The lowest BCUT2D eigenvalue weighted by atomic mass is 9.67. The Hall–Kier alpha value is -2.34. The third kappa shape index (κ3) is 3.92. The van der Waals surface area contributed by atoms with Gasteiger partial charge in [-0.25, -0.2) is 9.78 Å². The highest BCUT2D eigenvalue weighted by atomic mass is 16.5. The second kappa shape index (κ2) is 7.59. The first kappa shape index (κ1) is 19.0. The van der Waals surface area contributed by atoms with Gasteiger partial charge in [-0.2, -0.15) is 0 Å². The van der Waals surface area contributed by atoms with Gasteiger partial charge in [0.1, 0.15) is 0 Å². The number of urea groups is 1.